The van der Waals surface area contributed by atoms with Crippen molar-refractivity contribution in [3.8, 4) is 5.75 Å². The minimum atomic E-state index is -0.166. The molecule has 4 aromatic rings. The Morgan fingerprint density at radius 3 is 2.71 bits per heavy atom. The van der Waals surface area contributed by atoms with Gasteiger partial charge in [0.25, 0.3) is 0 Å². The van der Waals surface area contributed by atoms with Crippen LogP contribution in [-0.2, 0) is 0 Å². The summed E-state index contributed by atoms with van der Waals surface area (Å²) in [5.41, 5.74) is 2.31. The fourth-order valence-corrected chi connectivity index (χ4v) is 3.54. The van der Waals surface area contributed by atoms with Gasteiger partial charge in [-0.25, -0.2) is 0 Å². The first-order valence-electron chi connectivity index (χ1n) is 7.59. The topological polar surface area (TPSA) is 58.0 Å². The van der Waals surface area contributed by atoms with Gasteiger partial charge in [0.05, 0.1) is 11.7 Å². The quantitative estimate of drug-likeness (QED) is 0.573. The molecule has 0 aliphatic carbocycles. The number of thiophene rings is 1. The molecule has 0 aliphatic rings. The molecule has 4 nitrogen and oxygen atoms in total. The second-order valence-corrected chi connectivity index (χ2v) is 6.39. The number of hydrogen-bond acceptors (Lipinski definition) is 5. The van der Waals surface area contributed by atoms with Crippen LogP contribution in [0.3, 0.4) is 0 Å². The van der Waals surface area contributed by atoms with Crippen LogP contribution in [0.1, 0.15) is 16.5 Å². The lowest BCUT2D eigenvalue weighted by Gasteiger charge is -2.20. The normalized spacial score (nSPS) is 12.2. The number of aromatic hydroxyl groups is 1. The van der Waals surface area contributed by atoms with Crippen LogP contribution in [0.25, 0.3) is 10.9 Å². The van der Waals surface area contributed by atoms with Gasteiger partial charge in [-0.05, 0) is 29.6 Å². The summed E-state index contributed by atoms with van der Waals surface area (Å²) in [6, 6.07) is 15.5. The number of aromatic nitrogens is 2. The van der Waals surface area contributed by atoms with Crippen molar-refractivity contribution >= 4 is 27.9 Å². The van der Waals surface area contributed by atoms with E-state index < -0.39 is 0 Å². The van der Waals surface area contributed by atoms with Crippen molar-refractivity contribution in [3.63, 3.8) is 0 Å². The molecule has 0 saturated heterocycles. The van der Waals surface area contributed by atoms with Gasteiger partial charge in [-0.2, -0.15) is 0 Å². The highest BCUT2D eigenvalue weighted by Crippen LogP contribution is 2.37. The molecule has 24 heavy (non-hydrogen) atoms. The number of anilines is 1. The Hall–Kier alpha value is -2.92. The van der Waals surface area contributed by atoms with Crippen LogP contribution in [0.15, 0.2) is 72.5 Å². The number of nitrogens with zero attached hydrogens (tertiary/aromatic N) is 2. The molecule has 4 rings (SSSR count). The van der Waals surface area contributed by atoms with E-state index in [4.69, 9.17) is 0 Å². The first-order valence-corrected chi connectivity index (χ1v) is 8.47. The van der Waals surface area contributed by atoms with E-state index in [2.05, 4.69) is 21.4 Å². The third kappa shape index (κ3) is 2.70. The SMILES string of the molecule is Oc1c([C@@H](Nc2cccnc2)c2cccs2)ccc2cccnc12. The number of hydrogen-bond donors (Lipinski definition) is 2. The molecule has 3 heterocycles. The van der Waals surface area contributed by atoms with Crippen LogP contribution in [0.2, 0.25) is 0 Å². The predicted octanol–water partition coefficient (Wildman–Crippen LogP) is 4.60. The Morgan fingerprint density at radius 1 is 1.00 bits per heavy atom. The van der Waals surface area contributed by atoms with Crippen molar-refractivity contribution in [1.29, 1.82) is 0 Å². The van der Waals surface area contributed by atoms with Gasteiger partial charge in [0.1, 0.15) is 11.3 Å². The second kappa shape index (κ2) is 6.29. The van der Waals surface area contributed by atoms with Crippen LogP contribution in [-0.4, -0.2) is 15.1 Å². The van der Waals surface area contributed by atoms with Crippen molar-refractivity contribution < 1.29 is 5.11 Å². The lowest BCUT2D eigenvalue weighted by atomic mass is 10.0. The highest BCUT2D eigenvalue weighted by molar-refractivity contribution is 7.10. The van der Waals surface area contributed by atoms with Crippen molar-refractivity contribution in [2.75, 3.05) is 5.32 Å². The van der Waals surface area contributed by atoms with E-state index in [0.717, 1.165) is 21.5 Å². The summed E-state index contributed by atoms with van der Waals surface area (Å²) >= 11 is 1.64. The number of nitrogens with one attached hydrogen (secondary N) is 1. The molecule has 0 saturated carbocycles. The van der Waals surface area contributed by atoms with Crippen LogP contribution < -0.4 is 5.32 Å². The lowest BCUT2D eigenvalue weighted by Crippen LogP contribution is -2.11. The van der Waals surface area contributed by atoms with Crippen molar-refractivity contribution in [3.05, 3.63) is 82.9 Å². The Labute approximate surface area is 143 Å². The van der Waals surface area contributed by atoms with Crippen LogP contribution in [0.4, 0.5) is 5.69 Å². The second-order valence-electron chi connectivity index (χ2n) is 5.41. The zero-order valence-electron chi connectivity index (χ0n) is 12.8. The molecule has 0 amide bonds. The number of pyridine rings is 2. The van der Waals surface area contributed by atoms with Crippen LogP contribution >= 0.6 is 11.3 Å². The van der Waals surface area contributed by atoms with E-state index in [-0.39, 0.29) is 11.8 Å². The smallest absolute Gasteiger partial charge is 0.147 e. The Morgan fingerprint density at radius 2 is 1.92 bits per heavy atom. The van der Waals surface area contributed by atoms with Crippen molar-refractivity contribution in [1.82, 2.24) is 9.97 Å². The third-order valence-electron chi connectivity index (χ3n) is 3.89. The van der Waals surface area contributed by atoms with Gasteiger partial charge >= 0.3 is 0 Å². The lowest BCUT2D eigenvalue weighted by molar-refractivity contribution is 0.472. The molecule has 0 radical (unpaired) electrons. The summed E-state index contributed by atoms with van der Waals surface area (Å²) < 4.78 is 0. The molecular formula is C19H15N3OS. The number of phenols is 1. The summed E-state index contributed by atoms with van der Waals surface area (Å²) in [5, 5.41) is 17.2. The largest absolute Gasteiger partial charge is 0.505 e. The maximum absolute atomic E-state index is 10.8. The maximum Gasteiger partial charge on any atom is 0.147 e. The number of rotatable bonds is 4. The predicted molar refractivity (Wildman–Crippen MR) is 97.4 cm³/mol. The molecule has 1 atom stereocenters. The highest BCUT2D eigenvalue weighted by Gasteiger charge is 2.20. The molecule has 0 spiro atoms. The molecule has 5 heteroatoms. The summed E-state index contributed by atoms with van der Waals surface area (Å²) in [7, 11) is 0. The molecule has 3 aromatic heterocycles. The van der Waals surface area contributed by atoms with Gasteiger partial charge in [-0.3, -0.25) is 9.97 Å². The van der Waals surface area contributed by atoms with Gasteiger partial charge in [0.2, 0.25) is 0 Å². The highest BCUT2D eigenvalue weighted by atomic mass is 32.1. The molecule has 1 aromatic carbocycles. The number of benzene rings is 1. The standard InChI is InChI=1S/C19H15N3OS/c23-19-15(8-7-13-4-1-10-21-17(13)19)18(16-6-3-11-24-16)22-14-5-2-9-20-12-14/h1-12,18,22-23H/t18-/m1/s1. The van der Waals surface area contributed by atoms with E-state index in [9.17, 15) is 5.11 Å². The fraction of sp³-hybridized carbons (Fsp3) is 0.0526. The van der Waals surface area contributed by atoms with Crippen LogP contribution in [0.5, 0.6) is 5.75 Å². The summed E-state index contributed by atoms with van der Waals surface area (Å²) in [5.74, 6) is 0.211. The molecule has 118 valence electrons. The summed E-state index contributed by atoms with van der Waals surface area (Å²) in [6.07, 6.45) is 5.21. The maximum atomic E-state index is 10.8. The molecule has 0 bridgehead atoms. The van der Waals surface area contributed by atoms with Gasteiger partial charge in [-0.15, -0.1) is 11.3 Å². The summed E-state index contributed by atoms with van der Waals surface area (Å²) in [4.78, 5) is 9.59. The third-order valence-corrected chi connectivity index (χ3v) is 4.83. The average molecular weight is 333 g/mol. The Kier molecular flexibility index (Phi) is 3.84. The molecule has 0 unspecified atom stereocenters. The zero-order valence-corrected chi connectivity index (χ0v) is 13.6. The van der Waals surface area contributed by atoms with Crippen molar-refractivity contribution in [2.24, 2.45) is 0 Å². The first kappa shape index (κ1) is 14.7. The monoisotopic (exact) mass is 333 g/mol. The van der Waals surface area contributed by atoms with Crippen LogP contribution in [0, 0.1) is 0 Å². The average Bonchev–Trinajstić information content (AvgIpc) is 3.16. The fourth-order valence-electron chi connectivity index (χ4n) is 2.75. The molecule has 0 aliphatic heterocycles. The molecular weight excluding hydrogens is 318 g/mol. The van der Waals surface area contributed by atoms with Gasteiger partial charge in [0, 0.05) is 34.4 Å². The minimum Gasteiger partial charge on any atom is -0.505 e. The zero-order chi connectivity index (χ0) is 16.4. The number of phenolic OH excluding ortho intramolecular Hbond substituents is 1. The Bertz CT molecular complexity index is 955. The van der Waals surface area contributed by atoms with E-state index in [1.807, 2.05) is 47.8 Å². The van der Waals surface area contributed by atoms with Crippen molar-refractivity contribution in [2.45, 2.75) is 6.04 Å². The van der Waals surface area contributed by atoms with E-state index in [1.54, 1.807) is 29.9 Å². The number of fused-ring (bicyclic) bond motifs is 1. The van der Waals surface area contributed by atoms with E-state index in [1.165, 1.54) is 0 Å². The minimum absolute atomic E-state index is 0.166. The Balaban J connectivity index is 1.83. The summed E-state index contributed by atoms with van der Waals surface area (Å²) in [6.45, 7) is 0. The van der Waals surface area contributed by atoms with Gasteiger partial charge in [-0.1, -0.05) is 24.3 Å². The van der Waals surface area contributed by atoms with Gasteiger partial charge in [0.15, 0.2) is 0 Å². The van der Waals surface area contributed by atoms with Gasteiger partial charge < -0.3 is 10.4 Å². The van der Waals surface area contributed by atoms with E-state index >= 15 is 0 Å². The molecule has 0 fully saturated rings. The molecule has 2 N–H and O–H groups in total. The van der Waals surface area contributed by atoms with E-state index in [0.29, 0.717) is 5.52 Å². The first-order chi connectivity index (χ1) is 11.8.